The molecule has 1 saturated carbocycles. The van der Waals surface area contributed by atoms with E-state index in [1.165, 1.54) is 0 Å². The molecular weight excluding hydrogens is 272 g/mol. The van der Waals surface area contributed by atoms with Crippen LogP contribution >= 0.6 is 0 Å². The average Bonchev–Trinajstić information content (AvgIpc) is 3.00. The summed E-state index contributed by atoms with van der Waals surface area (Å²) in [5.41, 5.74) is 0.0150. The van der Waals surface area contributed by atoms with E-state index in [4.69, 9.17) is 14.2 Å². The van der Waals surface area contributed by atoms with Crippen molar-refractivity contribution in [3.63, 3.8) is 0 Å². The van der Waals surface area contributed by atoms with Crippen LogP contribution in [0, 0.1) is 0 Å². The smallest absolute Gasteiger partial charge is 0.232 e. The van der Waals surface area contributed by atoms with Crippen molar-refractivity contribution in [3.8, 4) is 0 Å². The normalized spacial score (nSPS) is 35.5. The zero-order valence-electron chi connectivity index (χ0n) is 11.9. The fourth-order valence-electron chi connectivity index (χ4n) is 2.75. The maximum atomic E-state index is 12.2. The SMILES string of the molecule is CC1(C=O)COC2(C[C@@H](OCc3ccccc3)CC2=O)O1. The van der Waals surface area contributed by atoms with Gasteiger partial charge < -0.3 is 19.0 Å². The van der Waals surface area contributed by atoms with Crippen LogP contribution in [0.25, 0.3) is 0 Å². The topological polar surface area (TPSA) is 61.8 Å². The van der Waals surface area contributed by atoms with Crippen molar-refractivity contribution in [2.45, 2.75) is 43.9 Å². The van der Waals surface area contributed by atoms with Gasteiger partial charge in [-0.1, -0.05) is 30.3 Å². The summed E-state index contributed by atoms with van der Waals surface area (Å²) >= 11 is 0. The number of hydrogen-bond donors (Lipinski definition) is 0. The molecule has 3 atom stereocenters. The van der Waals surface area contributed by atoms with Gasteiger partial charge in [-0.15, -0.1) is 0 Å². The van der Waals surface area contributed by atoms with Crippen LogP contribution in [0.4, 0.5) is 0 Å². The monoisotopic (exact) mass is 290 g/mol. The van der Waals surface area contributed by atoms with Crippen molar-refractivity contribution in [1.29, 1.82) is 0 Å². The summed E-state index contributed by atoms with van der Waals surface area (Å²) in [6, 6.07) is 9.77. The van der Waals surface area contributed by atoms with E-state index >= 15 is 0 Å². The number of ether oxygens (including phenoxy) is 3. The van der Waals surface area contributed by atoms with Gasteiger partial charge >= 0.3 is 0 Å². The van der Waals surface area contributed by atoms with Crippen molar-refractivity contribution in [2.24, 2.45) is 0 Å². The van der Waals surface area contributed by atoms with Crippen molar-refractivity contribution in [1.82, 2.24) is 0 Å². The van der Waals surface area contributed by atoms with Crippen molar-refractivity contribution in [3.05, 3.63) is 35.9 Å². The Morgan fingerprint density at radius 3 is 2.81 bits per heavy atom. The Labute approximate surface area is 123 Å². The van der Waals surface area contributed by atoms with E-state index in [-0.39, 0.29) is 24.9 Å². The summed E-state index contributed by atoms with van der Waals surface area (Å²) in [6.07, 6.45) is 1.03. The molecule has 2 aliphatic rings. The lowest BCUT2D eigenvalue weighted by molar-refractivity contribution is -0.189. The highest BCUT2D eigenvalue weighted by Crippen LogP contribution is 2.41. The van der Waals surface area contributed by atoms with Crippen molar-refractivity contribution >= 4 is 12.1 Å². The van der Waals surface area contributed by atoms with E-state index in [9.17, 15) is 9.59 Å². The second-order valence-corrected chi connectivity index (χ2v) is 5.82. The molecule has 1 aromatic rings. The minimum Gasteiger partial charge on any atom is -0.373 e. The first-order valence-electron chi connectivity index (χ1n) is 7.05. The number of carbonyl (C=O) groups excluding carboxylic acids is 2. The molecule has 0 N–H and O–H groups in total. The van der Waals surface area contributed by atoms with Crippen LogP contribution in [0.3, 0.4) is 0 Å². The number of Topliss-reactive ketones (excluding diaryl/α,β-unsaturated/α-hetero) is 1. The van der Waals surface area contributed by atoms with Gasteiger partial charge in [0.25, 0.3) is 0 Å². The quantitative estimate of drug-likeness (QED) is 0.789. The third-order valence-corrected chi connectivity index (χ3v) is 3.90. The molecule has 5 nitrogen and oxygen atoms in total. The third-order valence-electron chi connectivity index (χ3n) is 3.90. The molecule has 112 valence electrons. The maximum Gasteiger partial charge on any atom is 0.232 e. The molecule has 3 rings (SSSR count). The van der Waals surface area contributed by atoms with Gasteiger partial charge in [-0.3, -0.25) is 4.79 Å². The number of benzene rings is 1. The Kier molecular flexibility index (Phi) is 3.65. The summed E-state index contributed by atoms with van der Waals surface area (Å²) in [6.45, 7) is 2.17. The molecule has 1 heterocycles. The van der Waals surface area contributed by atoms with E-state index < -0.39 is 11.4 Å². The van der Waals surface area contributed by atoms with Gasteiger partial charge in [-0.2, -0.15) is 0 Å². The second kappa shape index (κ2) is 5.33. The summed E-state index contributed by atoms with van der Waals surface area (Å²) in [5.74, 6) is -1.44. The van der Waals surface area contributed by atoms with E-state index in [1.54, 1.807) is 6.92 Å². The first-order valence-corrected chi connectivity index (χ1v) is 7.05. The number of carbonyl (C=O) groups is 2. The highest BCUT2D eigenvalue weighted by atomic mass is 16.8. The fraction of sp³-hybridized carbons (Fsp3) is 0.500. The van der Waals surface area contributed by atoms with Crippen LogP contribution in [0.15, 0.2) is 30.3 Å². The van der Waals surface area contributed by atoms with Crippen LogP contribution in [0.5, 0.6) is 0 Å². The molecule has 1 aliphatic carbocycles. The van der Waals surface area contributed by atoms with Gasteiger partial charge in [0.15, 0.2) is 12.1 Å². The molecule has 1 aromatic carbocycles. The van der Waals surface area contributed by atoms with Gasteiger partial charge in [-0.25, -0.2) is 0 Å². The predicted octanol–water partition coefficient (Wildman–Crippen LogP) is 1.64. The lowest BCUT2D eigenvalue weighted by Crippen LogP contribution is -2.39. The molecule has 0 amide bonds. The van der Waals surface area contributed by atoms with Gasteiger partial charge in [0.05, 0.1) is 19.3 Å². The minimum atomic E-state index is -1.29. The van der Waals surface area contributed by atoms with Crippen LogP contribution in [-0.4, -0.2) is 36.2 Å². The van der Waals surface area contributed by atoms with Gasteiger partial charge in [0.2, 0.25) is 5.79 Å². The summed E-state index contributed by atoms with van der Waals surface area (Å²) in [4.78, 5) is 23.2. The Bertz CT molecular complexity index is 543. The first kappa shape index (κ1) is 14.4. The Hall–Kier alpha value is -1.56. The molecule has 21 heavy (non-hydrogen) atoms. The fourth-order valence-corrected chi connectivity index (χ4v) is 2.75. The summed E-state index contributed by atoms with van der Waals surface area (Å²) < 4.78 is 16.9. The van der Waals surface area contributed by atoms with E-state index in [1.807, 2.05) is 30.3 Å². The number of aldehydes is 1. The van der Waals surface area contributed by atoms with E-state index in [2.05, 4.69) is 0 Å². The molecule has 1 saturated heterocycles. The Morgan fingerprint density at radius 2 is 2.14 bits per heavy atom. The van der Waals surface area contributed by atoms with Crippen LogP contribution in [0.1, 0.15) is 25.3 Å². The van der Waals surface area contributed by atoms with Crippen molar-refractivity contribution < 1.29 is 23.8 Å². The average molecular weight is 290 g/mol. The number of rotatable bonds is 4. The van der Waals surface area contributed by atoms with Gasteiger partial charge in [0.1, 0.15) is 5.60 Å². The zero-order chi connectivity index (χ0) is 14.9. The molecule has 2 fully saturated rings. The summed E-state index contributed by atoms with van der Waals surface area (Å²) in [7, 11) is 0. The Morgan fingerprint density at radius 1 is 1.38 bits per heavy atom. The minimum absolute atomic E-state index is 0.105. The number of hydrogen-bond acceptors (Lipinski definition) is 5. The Balaban J connectivity index is 1.62. The highest BCUT2D eigenvalue weighted by Gasteiger charge is 2.58. The van der Waals surface area contributed by atoms with Gasteiger partial charge in [-0.05, 0) is 12.5 Å². The van der Waals surface area contributed by atoms with Crippen LogP contribution in [-0.2, 0) is 30.4 Å². The van der Waals surface area contributed by atoms with E-state index in [0.29, 0.717) is 19.3 Å². The largest absolute Gasteiger partial charge is 0.373 e. The standard InChI is InChI=1S/C16H18O5/c1-15(10-17)11-20-16(21-15)8-13(7-14(16)18)19-9-12-5-3-2-4-6-12/h2-6,10,13H,7-9,11H2,1H3/t13-,15?,16?/m0/s1. The molecule has 0 bridgehead atoms. The molecule has 5 heteroatoms. The lowest BCUT2D eigenvalue weighted by Gasteiger charge is -2.22. The molecular formula is C16H18O5. The predicted molar refractivity (Wildman–Crippen MR) is 73.5 cm³/mol. The number of ketones is 1. The molecule has 1 aliphatic heterocycles. The van der Waals surface area contributed by atoms with Crippen molar-refractivity contribution in [2.75, 3.05) is 6.61 Å². The van der Waals surface area contributed by atoms with E-state index in [0.717, 1.165) is 5.56 Å². The maximum absolute atomic E-state index is 12.2. The lowest BCUT2D eigenvalue weighted by atomic mass is 10.1. The highest BCUT2D eigenvalue weighted by molar-refractivity contribution is 5.89. The van der Waals surface area contributed by atoms with Gasteiger partial charge in [0, 0.05) is 12.8 Å². The second-order valence-electron chi connectivity index (χ2n) is 5.82. The molecule has 0 aromatic heterocycles. The van der Waals surface area contributed by atoms with Crippen LogP contribution in [0.2, 0.25) is 0 Å². The molecule has 1 spiro atoms. The molecule has 2 unspecified atom stereocenters. The zero-order valence-corrected chi connectivity index (χ0v) is 11.9. The first-order chi connectivity index (χ1) is 10.1. The molecule has 0 radical (unpaired) electrons. The van der Waals surface area contributed by atoms with Crippen LogP contribution < -0.4 is 0 Å². The third kappa shape index (κ3) is 2.77. The summed E-state index contributed by atoms with van der Waals surface area (Å²) in [5, 5.41) is 0.